The quantitative estimate of drug-likeness (QED) is 0.398. The number of aliphatic hydroxyl groups is 1. The fourth-order valence-electron chi connectivity index (χ4n) is 6.24. The van der Waals surface area contributed by atoms with Crippen molar-refractivity contribution in [2.24, 2.45) is 0 Å². The molecule has 194 valence electrons. The Morgan fingerprint density at radius 2 is 1.97 bits per heavy atom. The van der Waals surface area contributed by atoms with Crippen LogP contribution < -0.4 is 9.64 Å². The number of hydrogen-bond donors (Lipinski definition) is 1. The summed E-state index contributed by atoms with van der Waals surface area (Å²) in [6.45, 7) is 8.61. The van der Waals surface area contributed by atoms with Gasteiger partial charge in [0.2, 0.25) is 0 Å². The van der Waals surface area contributed by atoms with Gasteiger partial charge >= 0.3 is 0 Å². The molecule has 0 bridgehead atoms. The normalized spacial score (nSPS) is 17.4. The summed E-state index contributed by atoms with van der Waals surface area (Å²) in [5.41, 5.74) is 5.82. The molecule has 1 unspecified atom stereocenters. The number of amides is 1. The molecule has 1 atom stereocenters. The Hall–Kier alpha value is -3.52. The predicted molar refractivity (Wildman–Crippen MR) is 147 cm³/mol. The summed E-state index contributed by atoms with van der Waals surface area (Å²) in [5, 5.41) is 10.6. The van der Waals surface area contributed by atoms with Crippen LogP contribution in [0.25, 0.3) is 33.5 Å². The molecule has 2 aromatic carbocycles. The van der Waals surface area contributed by atoms with E-state index in [0.29, 0.717) is 11.3 Å². The molecule has 0 radical (unpaired) electrons. The predicted octanol–water partition coefficient (Wildman–Crippen LogP) is 4.69. The smallest absolute Gasteiger partial charge is 0.254 e. The van der Waals surface area contributed by atoms with Crippen molar-refractivity contribution < 1.29 is 14.6 Å². The Morgan fingerprint density at radius 1 is 1.16 bits per heavy atom. The summed E-state index contributed by atoms with van der Waals surface area (Å²) in [6.07, 6.45) is 2.87. The van der Waals surface area contributed by atoms with Gasteiger partial charge in [-0.1, -0.05) is 12.1 Å². The van der Waals surface area contributed by atoms with Crippen molar-refractivity contribution in [3.05, 3.63) is 42.0 Å². The van der Waals surface area contributed by atoms with Crippen molar-refractivity contribution in [2.75, 3.05) is 44.8 Å². The fourth-order valence-corrected chi connectivity index (χ4v) is 6.24. The van der Waals surface area contributed by atoms with Gasteiger partial charge in [-0.2, -0.15) is 0 Å². The number of likely N-dealkylation sites (tertiary alicyclic amines) is 1. The zero-order valence-corrected chi connectivity index (χ0v) is 21.9. The van der Waals surface area contributed by atoms with E-state index in [9.17, 15) is 9.90 Å². The maximum atomic E-state index is 13.2. The molecule has 1 saturated heterocycles. The van der Waals surface area contributed by atoms with Crippen LogP contribution in [0.4, 0.5) is 5.69 Å². The molecule has 6 rings (SSSR count). The van der Waals surface area contributed by atoms with E-state index in [1.807, 2.05) is 17.0 Å². The number of aryl methyl sites for hydroxylation is 1. The van der Waals surface area contributed by atoms with E-state index in [-0.39, 0.29) is 18.6 Å². The number of aromatic nitrogens is 3. The van der Waals surface area contributed by atoms with Gasteiger partial charge in [0.1, 0.15) is 11.3 Å². The molecule has 0 saturated carbocycles. The van der Waals surface area contributed by atoms with Gasteiger partial charge in [-0.25, -0.2) is 4.98 Å². The van der Waals surface area contributed by atoms with E-state index < -0.39 is 0 Å². The molecule has 2 aromatic heterocycles. The summed E-state index contributed by atoms with van der Waals surface area (Å²) < 4.78 is 10.4. The zero-order chi connectivity index (χ0) is 25.7. The number of carbonyl (C=O) groups is 1. The molecule has 0 spiro atoms. The lowest BCUT2D eigenvalue weighted by molar-refractivity contribution is 0.0792. The van der Waals surface area contributed by atoms with E-state index in [1.54, 1.807) is 7.11 Å². The van der Waals surface area contributed by atoms with E-state index in [1.165, 1.54) is 16.6 Å². The van der Waals surface area contributed by atoms with Gasteiger partial charge in [0.25, 0.3) is 5.91 Å². The summed E-state index contributed by atoms with van der Waals surface area (Å²) in [7, 11) is 1.66. The molecule has 4 aromatic rings. The number of nitrogens with zero attached hydrogens (tertiary/aromatic N) is 5. The number of benzene rings is 2. The number of anilines is 1. The summed E-state index contributed by atoms with van der Waals surface area (Å²) in [6, 6.07) is 12.7. The molecule has 2 aliphatic heterocycles. The number of hydrogen-bond acceptors (Lipinski definition) is 5. The Bertz CT molecular complexity index is 1480. The molecule has 8 nitrogen and oxygen atoms in total. The third-order valence-electron chi connectivity index (χ3n) is 7.90. The van der Waals surface area contributed by atoms with Crippen molar-refractivity contribution in [3.8, 4) is 17.3 Å². The Balaban J connectivity index is 1.53. The van der Waals surface area contributed by atoms with Gasteiger partial charge < -0.3 is 28.8 Å². The van der Waals surface area contributed by atoms with Crippen molar-refractivity contribution in [1.29, 1.82) is 0 Å². The number of carbonyl (C=O) groups excluding carboxylic acids is 1. The van der Waals surface area contributed by atoms with Crippen LogP contribution in [0.5, 0.6) is 5.75 Å². The maximum absolute atomic E-state index is 13.2. The molecular formula is C29H35N5O3. The van der Waals surface area contributed by atoms with Gasteiger partial charge in [-0.3, -0.25) is 4.79 Å². The minimum absolute atomic E-state index is 0.0510. The SMILES string of the molecule is CCn1c(-c2cc3cccc4c3n2C(C)CN4CCCO)nc2cc(C(=O)N3CCCC3)cc(OC)c21. The number of ether oxygens (including phenoxy) is 1. The Labute approximate surface area is 217 Å². The van der Waals surface area contributed by atoms with E-state index >= 15 is 0 Å². The molecule has 1 N–H and O–H groups in total. The van der Waals surface area contributed by atoms with Crippen LogP contribution >= 0.6 is 0 Å². The molecule has 0 aliphatic carbocycles. The third kappa shape index (κ3) is 3.77. The highest BCUT2D eigenvalue weighted by Crippen LogP contribution is 2.42. The second kappa shape index (κ2) is 9.41. The average Bonchev–Trinajstić information content (AvgIpc) is 3.66. The zero-order valence-electron chi connectivity index (χ0n) is 21.9. The first-order chi connectivity index (χ1) is 18.0. The molecule has 2 aliphatic rings. The number of imidazole rings is 1. The molecule has 37 heavy (non-hydrogen) atoms. The van der Waals surface area contributed by atoms with Crippen LogP contribution in [0, 0.1) is 0 Å². The lowest BCUT2D eigenvalue weighted by Gasteiger charge is -2.35. The molecule has 1 fully saturated rings. The van der Waals surface area contributed by atoms with Crippen molar-refractivity contribution in [3.63, 3.8) is 0 Å². The lowest BCUT2D eigenvalue weighted by Crippen LogP contribution is -2.35. The van der Waals surface area contributed by atoms with E-state index in [0.717, 1.165) is 74.5 Å². The maximum Gasteiger partial charge on any atom is 0.254 e. The number of fused-ring (bicyclic) bond motifs is 1. The highest BCUT2D eigenvalue weighted by molar-refractivity contribution is 6.01. The first kappa shape index (κ1) is 23.9. The molecule has 1 amide bonds. The monoisotopic (exact) mass is 501 g/mol. The van der Waals surface area contributed by atoms with Crippen LogP contribution in [0.3, 0.4) is 0 Å². The summed E-state index contributed by atoms with van der Waals surface area (Å²) in [5.74, 6) is 1.62. The number of methoxy groups -OCH3 is 1. The summed E-state index contributed by atoms with van der Waals surface area (Å²) in [4.78, 5) is 22.7. The molecule has 4 heterocycles. The first-order valence-corrected chi connectivity index (χ1v) is 13.4. The Morgan fingerprint density at radius 3 is 2.70 bits per heavy atom. The molecule has 8 heteroatoms. The lowest BCUT2D eigenvalue weighted by atomic mass is 10.1. The van der Waals surface area contributed by atoms with Gasteiger partial charge in [-0.15, -0.1) is 0 Å². The average molecular weight is 502 g/mol. The second-order valence-electron chi connectivity index (χ2n) is 10.2. The fraction of sp³-hybridized carbons (Fsp3) is 0.448. The Kier molecular flexibility index (Phi) is 6.07. The van der Waals surface area contributed by atoms with Crippen LogP contribution in [0.1, 0.15) is 49.5 Å². The van der Waals surface area contributed by atoms with Crippen LogP contribution in [-0.4, -0.2) is 69.9 Å². The third-order valence-corrected chi connectivity index (χ3v) is 7.90. The largest absolute Gasteiger partial charge is 0.494 e. The van der Waals surface area contributed by atoms with Crippen LogP contribution in [-0.2, 0) is 6.54 Å². The second-order valence-corrected chi connectivity index (χ2v) is 10.2. The van der Waals surface area contributed by atoms with Crippen molar-refractivity contribution in [2.45, 2.75) is 45.7 Å². The van der Waals surface area contributed by atoms with E-state index in [2.05, 4.69) is 52.1 Å². The van der Waals surface area contributed by atoms with Gasteiger partial charge in [0.05, 0.1) is 29.5 Å². The number of aliphatic hydroxyl groups excluding tert-OH is 1. The first-order valence-electron chi connectivity index (χ1n) is 13.4. The minimum Gasteiger partial charge on any atom is -0.494 e. The van der Waals surface area contributed by atoms with E-state index in [4.69, 9.17) is 9.72 Å². The highest BCUT2D eigenvalue weighted by Gasteiger charge is 2.29. The highest BCUT2D eigenvalue weighted by atomic mass is 16.5. The van der Waals surface area contributed by atoms with Gasteiger partial charge in [0, 0.05) is 56.3 Å². The van der Waals surface area contributed by atoms with Crippen LogP contribution in [0.2, 0.25) is 0 Å². The van der Waals surface area contributed by atoms with Crippen molar-refractivity contribution >= 4 is 33.5 Å². The topological polar surface area (TPSA) is 75.8 Å². The molecular weight excluding hydrogens is 466 g/mol. The number of rotatable bonds is 7. The van der Waals surface area contributed by atoms with Gasteiger partial charge in [-0.05, 0) is 57.4 Å². The van der Waals surface area contributed by atoms with Crippen molar-refractivity contribution in [1.82, 2.24) is 19.0 Å². The minimum atomic E-state index is 0.0510. The number of para-hydroxylation sites is 1. The summed E-state index contributed by atoms with van der Waals surface area (Å²) >= 11 is 0. The van der Waals surface area contributed by atoms with Crippen LogP contribution in [0.15, 0.2) is 36.4 Å². The van der Waals surface area contributed by atoms with Gasteiger partial charge in [0.15, 0.2) is 5.82 Å². The standard InChI is InChI=1S/C29H35N5O3/c1-4-33-27-22(15-21(17-25(27)37-3)29(36)31-11-5-6-12-31)30-28(33)24-16-20-9-7-10-23-26(20)34(24)19(2)18-32(23)13-8-14-35/h7,9-10,15-17,19,35H,4-6,8,11-14,18H2,1-3H3.